The van der Waals surface area contributed by atoms with Crippen LogP contribution in [0.4, 0.5) is 13.2 Å². The predicted molar refractivity (Wildman–Crippen MR) is 55.1 cm³/mol. The summed E-state index contributed by atoms with van der Waals surface area (Å²) in [6.45, 7) is 0. The van der Waals surface area contributed by atoms with Crippen LogP contribution < -0.4 is 0 Å². The number of nitrogens with zero attached hydrogens (tertiary/aromatic N) is 2. The van der Waals surface area contributed by atoms with Crippen LogP contribution in [0.2, 0.25) is 5.02 Å². The summed E-state index contributed by atoms with van der Waals surface area (Å²) in [4.78, 5) is 0. The van der Waals surface area contributed by atoms with Gasteiger partial charge in [0.25, 0.3) is 0 Å². The van der Waals surface area contributed by atoms with Gasteiger partial charge in [0.05, 0.1) is 30.5 Å². The largest absolute Gasteiger partial charge is 0.416 e. The zero-order valence-corrected chi connectivity index (χ0v) is 9.23. The monoisotopic (exact) mass is 258 g/mol. The van der Waals surface area contributed by atoms with Gasteiger partial charge in [-0.1, -0.05) is 11.6 Å². The lowest BCUT2D eigenvalue weighted by molar-refractivity contribution is -0.137. The predicted octanol–water partition coefficient (Wildman–Crippen LogP) is 3.49. The molecule has 0 aliphatic heterocycles. The first-order chi connectivity index (χ1) is 7.90. The van der Waals surface area contributed by atoms with Crippen molar-refractivity contribution in [3.63, 3.8) is 0 Å². The summed E-state index contributed by atoms with van der Waals surface area (Å²) in [6.07, 6.45) is -4.84. The number of rotatable bonds is 2. The van der Waals surface area contributed by atoms with E-state index in [2.05, 4.69) is 0 Å². The topological polar surface area (TPSA) is 47.6 Å². The molecule has 0 saturated heterocycles. The van der Waals surface area contributed by atoms with Crippen LogP contribution in [0.15, 0.2) is 12.1 Å². The standard InChI is InChI=1S/C11H6ClF3N2/c12-10-6-8(11(13,14)15)5-7(1-3-16)9(10)2-4-17/h5-6H,1-2H2. The second kappa shape index (κ2) is 5.07. The minimum Gasteiger partial charge on any atom is -0.198 e. The van der Waals surface area contributed by atoms with Crippen molar-refractivity contribution in [2.75, 3.05) is 0 Å². The van der Waals surface area contributed by atoms with E-state index in [1.54, 1.807) is 12.1 Å². The summed E-state index contributed by atoms with van der Waals surface area (Å²) in [7, 11) is 0. The van der Waals surface area contributed by atoms with Crippen molar-refractivity contribution in [3.8, 4) is 12.1 Å². The van der Waals surface area contributed by atoms with E-state index in [9.17, 15) is 13.2 Å². The lowest BCUT2D eigenvalue weighted by atomic mass is 9.99. The first-order valence-electron chi connectivity index (χ1n) is 4.52. The highest BCUT2D eigenvalue weighted by molar-refractivity contribution is 6.31. The van der Waals surface area contributed by atoms with Gasteiger partial charge in [0.1, 0.15) is 0 Å². The van der Waals surface area contributed by atoms with Crippen molar-refractivity contribution in [1.29, 1.82) is 10.5 Å². The van der Waals surface area contributed by atoms with E-state index in [0.29, 0.717) is 0 Å². The number of alkyl halides is 3. The van der Waals surface area contributed by atoms with Crippen LogP contribution in [0.5, 0.6) is 0 Å². The van der Waals surface area contributed by atoms with Gasteiger partial charge in [-0.25, -0.2) is 0 Å². The van der Waals surface area contributed by atoms with Gasteiger partial charge < -0.3 is 0 Å². The van der Waals surface area contributed by atoms with Gasteiger partial charge in [0.15, 0.2) is 0 Å². The third-order valence-corrected chi connectivity index (χ3v) is 2.48. The van der Waals surface area contributed by atoms with Gasteiger partial charge in [-0.05, 0) is 23.3 Å². The molecule has 1 aromatic rings. The SMILES string of the molecule is N#CCc1cc(C(F)(F)F)cc(Cl)c1CC#N. The molecule has 0 radical (unpaired) electrons. The second-order valence-electron chi connectivity index (χ2n) is 3.26. The van der Waals surface area contributed by atoms with E-state index in [1.165, 1.54) is 0 Å². The Morgan fingerprint density at radius 3 is 2.18 bits per heavy atom. The van der Waals surface area contributed by atoms with Crippen LogP contribution in [0.1, 0.15) is 16.7 Å². The summed E-state index contributed by atoms with van der Waals surface area (Å²) in [5.74, 6) is 0. The second-order valence-corrected chi connectivity index (χ2v) is 3.67. The van der Waals surface area contributed by atoms with Crippen LogP contribution in [0, 0.1) is 22.7 Å². The third-order valence-electron chi connectivity index (χ3n) is 2.14. The Labute approximate surface area is 101 Å². The quantitative estimate of drug-likeness (QED) is 0.815. The highest BCUT2D eigenvalue weighted by Gasteiger charge is 2.31. The maximum Gasteiger partial charge on any atom is 0.416 e. The first-order valence-corrected chi connectivity index (χ1v) is 4.90. The molecule has 0 heterocycles. The normalized spacial score (nSPS) is 10.7. The number of halogens is 4. The molecule has 0 amide bonds. The van der Waals surface area contributed by atoms with Crippen LogP contribution in [0.25, 0.3) is 0 Å². The molecule has 1 aromatic carbocycles. The molecule has 2 nitrogen and oxygen atoms in total. The van der Waals surface area contributed by atoms with Crippen molar-refractivity contribution in [2.45, 2.75) is 19.0 Å². The molecular formula is C11H6ClF3N2. The smallest absolute Gasteiger partial charge is 0.198 e. The van der Waals surface area contributed by atoms with Gasteiger partial charge in [-0.3, -0.25) is 0 Å². The van der Waals surface area contributed by atoms with Gasteiger partial charge >= 0.3 is 6.18 Å². The van der Waals surface area contributed by atoms with Crippen LogP contribution in [0.3, 0.4) is 0 Å². The summed E-state index contributed by atoms with van der Waals surface area (Å²) in [6, 6.07) is 5.20. The molecule has 17 heavy (non-hydrogen) atoms. The summed E-state index contributed by atoms with van der Waals surface area (Å²) >= 11 is 5.69. The van der Waals surface area contributed by atoms with Crippen molar-refractivity contribution < 1.29 is 13.2 Å². The minimum absolute atomic E-state index is 0.117. The average Bonchev–Trinajstić information content (AvgIpc) is 2.21. The molecule has 0 spiro atoms. The van der Waals surface area contributed by atoms with E-state index >= 15 is 0 Å². The molecule has 0 fully saturated rings. The first kappa shape index (κ1) is 13.3. The van der Waals surface area contributed by atoms with E-state index in [4.69, 9.17) is 22.1 Å². The maximum absolute atomic E-state index is 12.5. The van der Waals surface area contributed by atoms with Crippen molar-refractivity contribution in [2.24, 2.45) is 0 Å². The lowest BCUT2D eigenvalue weighted by Crippen LogP contribution is -2.07. The van der Waals surface area contributed by atoms with Gasteiger partial charge in [-0.2, -0.15) is 23.7 Å². The summed E-state index contributed by atoms with van der Waals surface area (Å²) in [5, 5.41) is 17.0. The molecular weight excluding hydrogens is 253 g/mol. The Morgan fingerprint density at radius 2 is 1.71 bits per heavy atom. The zero-order valence-electron chi connectivity index (χ0n) is 8.48. The molecule has 0 aliphatic rings. The fourth-order valence-corrected chi connectivity index (χ4v) is 1.68. The number of benzene rings is 1. The van der Waals surface area contributed by atoms with Gasteiger partial charge in [0.2, 0.25) is 0 Å². The van der Waals surface area contributed by atoms with Crippen molar-refractivity contribution in [3.05, 3.63) is 33.8 Å². The maximum atomic E-state index is 12.5. The molecule has 0 bridgehead atoms. The fraction of sp³-hybridized carbons (Fsp3) is 0.273. The van der Waals surface area contributed by atoms with Crippen LogP contribution in [-0.4, -0.2) is 0 Å². The zero-order chi connectivity index (χ0) is 13.1. The van der Waals surface area contributed by atoms with Crippen LogP contribution >= 0.6 is 11.6 Å². The molecule has 1 rings (SSSR count). The Balaban J connectivity index is 3.37. The molecule has 0 atom stereocenters. The molecule has 0 N–H and O–H groups in total. The number of hydrogen-bond donors (Lipinski definition) is 0. The molecule has 0 aromatic heterocycles. The number of hydrogen-bond acceptors (Lipinski definition) is 2. The Hall–Kier alpha value is -1.72. The molecule has 0 saturated carbocycles. The van der Waals surface area contributed by atoms with Gasteiger partial charge in [0, 0.05) is 5.02 Å². The minimum atomic E-state index is -4.51. The lowest BCUT2D eigenvalue weighted by Gasteiger charge is -2.12. The highest BCUT2D eigenvalue weighted by Crippen LogP contribution is 2.34. The highest BCUT2D eigenvalue weighted by atomic mass is 35.5. The van der Waals surface area contributed by atoms with Gasteiger partial charge in [-0.15, -0.1) is 0 Å². The molecule has 0 aliphatic carbocycles. The fourth-order valence-electron chi connectivity index (χ4n) is 1.38. The van der Waals surface area contributed by atoms with E-state index < -0.39 is 11.7 Å². The average molecular weight is 259 g/mol. The Kier molecular flexibility index (Phi) is 3.98. The van der Waals surface area contributed by atoms with E-state index in [1.807, 2.05) is 0 Å². The Bertz CT molecular complexity index is 509. The van der Waals surface area contributed by atoms with E-state index in [0.717, 1.165) is 12.1 Å². The van der Waals surface area contributed by atoms with Crippen molar-refractivity contribution >= 4 is 11.6 Å². The summed E-state index contributed by atoms with van der Waals surface area (Å²) in [5.41, 5.74) is -0.480. The Morgan fingerprint density at radius 1 is 1.12 bits per heavy atom. The molecule has 0 unspecified atom stereocenters. The van der Waals surface area contributed by atoms with Crippen molar-refractivity contribution in [1.82, 2.24) is 0 Å². The van der Waals surface area contributed by atoms with E-state index in [-0.39, 0.29) is 29.0 Å². The summed E-state index contributed by atoms with van der Waals surface area (Å²) < 4.78 is 37.5. The molecule has 88 valence electrons. The third kappa shape index (κ3) is 3.12. The number of nitriles is 2. The molecule has 6 heteroatoms. The van der Waals surface area contributed by atoms with Crippen LogP contribution in [-0.2, 0) is 19.0 Å².